The van der Waals surface area contributed by atoms with Crippen LogP contribution in [0.2, 0.25) is 0 Å². The van der Waals surface area contributed by atoms with Gasteiger partial charge < -0.3 is 5.11 Å². The van der Waals surface area contributed by atoms with Crippen LogP contribution in [-0.4, -0.2) is 5.11 Å². The number of phenols is 1. The van der Waals surface area contributed by atoms with Crippen LogP contribution in [-0.2, 0) is 6.42 Å². The minimum atomic E-state index is 0.520. The van der Waals surface area contributed by atoms with Crippen LogP contribution in [0.4, 0.5) is 0 Å². The maximum absolute atomic E-state index is 9.86. The fourth-order valence-electron chi connectivity index (χ4n) is 1.65. The lowest BCUT2D eigenvalue weighted by Gasteiger charge is -2.08. The molecule has 1 saturated carbocycles. The van der Waals surface area contributed by atoms with E-state index in [1.807, 2.05) is 13.8 Å². The second-order valence-corrected chi connectivity index (χ2v) is 4.16. The fraction of sp³-hybridized carbons (Fsp3) is 0.500. The molecule has 0 heterocycles. The van der Waals surface area contributed by atoms with Crippen LogP contribution >= 0.6 is 0 Å². The molecule has 1 aromatic carbocycles. The zero-order valence-electron chi connectivity index (χ0n) is 8.30. The zero-order valence-corrected chi connectivity index (χ0v) is 8.30. The normalized spacial score (nSPS) is 16.2. The molecular formula is C12H16O. The van der Waals surface area contributed by atoms with E-state index in [4.69, 9.17) is 0 Å². The first-order valence-electron chi connectivity index (χ1n) is 4.96. The molecule has 1 N–H and O–H groups in total. The Balaban J connectivity index is 2.29. The second-order valence-electron chi connectivity index (χ2n) is 4.16. The van der Waals surface area contributed by atoms with E-state index in [1.165, 1.54) is 18.4 Å². The van der Waals surface area contributed by atoms with Crippen molar-refractivity contribution in [1.82, 2.24) is 0 Å². The Morgan fingerprint density at radius 2 is 2.00 bits per heavy atom. The molecule has 0 amide bonds. The topological polar surface area (TPSA) is 20.2 Å². The van der Waals surface area contributed by atoms with Gasteiger partial charge in [-0.05, 0) is 55.7 Å². The highest BCUT2D eigenvalue weighted by molar-refractivity contribution is 5.44. The average molecular weight is 176 g/mol. The number of hydrogen-bond donors (Lipinski definition) is 1. The third-order valence-corrected chi connectivity index (χ3v) is 2.99. The lowest BCUT2D eigenvalue weighted by atomic mass is 10.0. The van der Waals surface area contributed by atoms with E-state index in [1.54, 1.807) is 0 Å². The van der Waals surface area contributed by atoms with Crippen molar-refractivity contribution in [3.8, 4) is 5.75 Å². The third-order valence-electron chi connectivity index (χ3n) is 2.99. The van der Waals surface area contributed by atoms with Crippen LogP contribution in [0.3, 0.4) is 0 Å². The van der Waals surface area contributed by atoms with Crippen molar-refractivity contribution in [3.63, 3.8) is 0 Å². The predicted octanol–water partition coefficient (Wildman–Crippen LogP) is 2.96. The van der Waals surface area contributed by atoms with Gasteiger partial charge in [-0.2, -0.15) is 0 Å². The van der Waals surface area contributed by atoms with Gasteiger partial charge in [0.2, 0.25) is 0 Å². The molecular weight excluding hydrogens is 160 g/mol. The summed E-state index contributed by atoms with van der Waals surface area (Å²) in [6, 6.07) is 4.17. The molecule has 0 radical (unpaired) electrons. The molecule has 1 fully saturated rings. The number of hydrogen-bond acceptors (Lipinski definition) is 1. The summed E-state index contributed by atoms with van der Waals surface area (Å²) in [4.78, 5) is 0. The molecule has 0 atom stereocenters. The first-order valence-corrected chi connectivity index (χ1v) is 4.96. The number of benzene rings is 1. The maximum atomic E-state index is 9.86. The molecule has 1 nitrogen and oxygen atoms in total. The van der Waals surface area contributed by atoms with Gasteiger partial charge in [0.15, 0.2) is 0 Å². The molecule has 0 bridgehead atoms. The van der Waals surface area contributed by atoms with Crippen molar-refractivity contribution in [2.45, 2.75) is 33.1 Å². The quantitative estimate of drug-likeness (QED) is 0.734. The van der Waals surface area contributed by atoms with Crippen LogP contribution in [0.15, 0.2) is 12.1 Å². The van der Waals surface area contributed by atoms with Crippen molar-refractivity contribution >= 4 is 0 Å². The number of aryl methyl sites for hydroxylation is 1. The zero-order chi connectivity index (χ0) is 9.42. The van der Waals surface area contributed by atoms with Crippen LogP contribution in [0.5, 0.6) is 5.75 Å². The van der Waals surface area contributed by atoms with Crippen molar-refractivity contribution < 1.29 is 5.11 Å². The summed E-state index contributed by atoms with van der Waals surface area (Å²) < 4.78 is 0. The highest BCUT2D eigenvalue weighted by atomic mass is 16.3. The summed E-state index contributed by atoms with van der Waals surface area (Å²) >= 11 is 0. The van der Waals surface area contributed by atoms with E-state index in [9.17, 15) is 5.11 Å². The summed E-state index contributed by atoms with van der Waals surface area (Å²) in [5.41, 5.74) is 3.35. The van der Waals surface area contributed by atoms with Crippen LogP contribution in [0.25, 0.3) is 0 Å². The van der Waals surface area contributed by atoms with Crippen molar-refractivity contribution in [1.29, 1.82) is 0 Å². The molecule has 1 aromatic rings. The maximum Gasteiger partial charge on any atom is 0.121 e. The number of aromatic hydroxyl groups is 1. The lowest BCUT2D eigenvalue weighted by Crippen LogP contribution is -1.91. The molecule has 1 heteroatoms. The van der Waals surface area contributed by atoms with E-state index in [-0.39, 0.29) is 0 Å². The second kappa shape index (κ2) is 3.06. The van der Waals surface area contributed by atoms with Gasteiger partial charge in [0.25, 0.3) is 0 Å². The van der Waals surface area contributed by atoms with E-state index in [2.05, 4.69) is 12.1 Å². The standard InChI is InChI=1S/C12H16O/c1-8-3-6-11(7-10-4-5-10)12(13)9(8)2/h3,6,10,13H,4-5,7H2,1-2H3. The Labute approximate surface area is 79.4 Å². The summed E-state index contributed by atoms with van der Waals surface area (Å²) in [5.74, 6) is 1.36. The molecule has 0 aliphatic heterocycles. The first-order chi connectivity index (χ1) is 6.18. The van der Waals surface area contributed by atoms with Gasteiger partial charge in [0, 0.05) is 0 Å². The molecule has 0 aromatic heterocycles. The van der Waals surface area contributed by atoms with E-state index >= 15 is 0 Å². The van der Waals surface area contributed by atoms with Crippen molar-refractivity contribution in [2.75, 3.05) is 0 Å². The smallest absolute Gasteiger partial charge is 0.121 e. The lowest BCUT2D eigenvalue weighted by molar-refractivity contribution is 0.461. The molecule has 1 aliphatic rings. The summed E-state index contributed by atoms with van der Waals surface area (Å²) in [7, 11) is 0. The van der Waals surface area contributed by atoms with Crippen LogP contribution in [0.1, 0.15) is 29.5 Å². The highest BCUT2D eigenvalue weighted by Gasteiger charge is 2.23. The summed E-state index contributed by atoms with van der Waals surface area (Å²) in [5, 5.41) is 9.86. The molecule has 1 aliphatic carbocycles. The summed E-state index contributed by atoms with van der Waals surface area (Å²) in [6.45, 7) is 4.02. The van der Waals surface area contributed by atoms with Gasteiger partial charge in [0.1, 0.15) is 5.75 Å². The van der Waals surface area contributed by atoms with E-state index < -0.39 is 0 Å². The largest absolute Gasteiger partial charge is 0.507 e. The number of phenolic OH excluding ortho intramolecular Hbond substituents is 1. The Morgan fingerprint density at radius 3 is 2.62 bits per heavy atom. The van der Waals surface area contributed by atoms with Crippen LogP contribution in [0, 0.1) is 19.8 Å². The molecule has 0 spiro atoms. The molecule has 0 unspecified atom stereocenters. The molecule has 2 rings (SSSR count). The minimum absolute atomic E-state index is 0.520. The van der Waals surface area contributed by atoms with Crippen LogP contribution < -0.4 is 0 Å². The average Bonchev–Trinajstić information content (AvgIpc) is 2.90. The van der Waals surface area contributed by atoms with Gasteiger partial charge in [-0.25, -0.2) is 0 Å². The predicted molar refractivity (Wildman–Crippen MR) is 54.0 cm³/mol. The Hall–Kier alpha value is -0.980. The minimum Gasteiger partial charge on any atom is -0.507 e. The molecule has 70 valence electrons. The van der Waals surface area contributed by atoms with E-state index in [0.717, 1.165) is 23.5 Å². The van der Waals surface area contributed by atoms with Gasteiger partial charge in [-0.15, -0.1) is 0 Å². The third kappa shape index (κ3) is 1.69. The number of rotatable bonds is 2. The Morgan fingerprint density at radius 1 is 1.31 bits per heavy atom. The monoisotopic (exact) mass is 176 g/mol. The van der Waals surface area contributed by atoms with Gasteiger partial charge in [-0.3, -0.25) is 0 Å². The Bertz CT molecular complexity index is 324. The van der Waals surface area contributed by atoms with Gasteiger partial charge >= 0.3 is 0 Å². The fourth-order valence-corrected chi connectivity index (χ4v) is 1.65. The molecule has 13 heavy (non-hydrogen) atoms. The van der Waals surface area contributed by atoms with Gasteiger partial charge in [-0.1, -0.05) is 12.1 Å². The Kier molecular flexibility index (Phi) is 2.03. The SMILES string of the molecule is Cc1ccc(CC2CC2)c(O)c1C. The van der Waals surface area contributed by atoms with Crippen molar-refractivity contribution in [3.05, 3.63) is 28.8 Å². The van der Waals surface area contributed by atoms with E-state index in [0.29, 0.717) is 5.75 Å². The van der Waals surface area contributed by atoms with Crippen molar-refractivity contribution in [2.24, 2.45) is 5.92 Å². The van der Waals surface area contributed by atoms with Gasteiger partial charge in [0.05, 0.1) is 0 Å². The molecule has 0 saturated heterocycles. The summed E-state index contributed by atoms with van der Waals surface area (Å²) in [6.07, 6.45) is 3.74. The first kappa shape index (κ1) is 8.61. The highest BCUT2D eigenvalue weighted by Crippen LogP contribution is 2.36.